The third-order valence-electron chi connectivity index (χ3n) is 7.19. The van der Waals surface area contributed by atoms with Gasteiger partial charge in [0.05, 0.1) is 19.4 Å². The molecular formula is C26H25N5O5. The molecule has 3 aromatic rings. The monoisotopic (exact) mass is 487 g/mol. The topological polar surface area (TPSA) is 120 Å². The van der Waals surface area contributed by atoms with Crippen LogP contribution in [-0.2, 0) is 14.9 Å². The van der Waals surface area contributed by atoms with Crippen molar-refractivity contribution in [2.24, 2.45) is 5.73 Å². The third kappa shape index (κ3) is 3.44. The van der Waals surface area contributed by atoms with Crippen molar-refractivity contribution in [2.45, 2.75) is 18.3 Å². The first kappa shape index (κ1) is 22.3. The fraction of sp³-hybridized carbons (Fsp3) is 0.308. The second-order valence-electron chi connectivity index (χ2n) is 9.33. The highest BCUT2D eigenvalue weighted by molar-refractivity contribution is 6.10. The number of nitrogens with zero attached hydrogens (tertiary/aromatic N) is 4. The molecule has 2 aliphatic heterocycles. The van der Waals surface area contributed by atoms with Gasteiger partial charge in [-0.2, -0.15) is 5.10 Å². The maximum atomic E-state index is 13.9. The third-order valence-corrected chi connectivity index (χ3v) is 7.19. The van der Waals surface area contributed by atoms with Crippen LogP contribution in [0.1, 0.15) is 39.4 Å². The first-order valence-corrected chi connectivity index (χ1v) is 11.8. The van der Waals surface area contributed by atoms with Gasteiger partial charge in [0.1, 0.15) is 18.1 Å². The summed E-state index contributed by atoms with van der Waals surface area (Å²) < 4.78 is 12.0. The molecule has 0 atom stereocenters. The molecule has 1 aromatic heterocycles. The van der Waals surface area contributed by atoms with Crippen LogP contribution in [0.25, 0.3) is 5.69 Å². The van der Waals surface area contributed by atoms with Crippen molar-refractivity contribution in [2.75, 3.05) is 43.2 Å². The predicted octanol–water partition coefficient (Wildman–Crippen LogP) is 2.03. The Balaban J connectivity index is 1.41. The van der Waals surface area contributed by atoms with Crippen LogP contribution in [0, 0.1) is 0 Å². The van der Waals surface area contributed by atoms with Crippen molar-refractivity contribution < 1.29 is 23.9 Å². The van der Waals surface area contributed by atoms with Gasteiger partial charge >= 0.3 is 0 Å². The predicted molar refractivity (Wildman–Crippen MR) is 131 cm³/mol. The largest absolute Gasteiger partial charge is 0.497 e. The number of rotatable bonds is 5. The van der Waals surface area contributed by atoms with Gasteiger partial charge in [0.2, 0.25) is 0 Å². The summed E-state index contributed by atoms with van der Waals surface area (Å²) in [6.07, 6.45) is 1.66. The van der Waals surface area contributed by atoms with E-state index in [-0.39, 0.29) is 29.5 Å². The van der Waals surface area contributed by atoms with E-state index in [9.17, 15) is 14.4 Å². The molecule has 0 radical (unpaired) electrons. The highest BCUT2D eigenvalue weighted by Crippen LogP contribution is 2.54. The number of nitrogens with two attached hydrogens (primary N) is 1. The van der Waals surface area contributed by atoms with E-state index in [4.69, 9.17) is 15.2 Å². The van der Waals surface area contributed by atoms with Crippen LogP contribution in [0.2, 0.25) is 0 Å². The number of carbonyl (C=O) groups excluding carboxylic acids is 3. The van der Waals surface area contributed by atoms with Crippen LogP contribution in [0.15, 0.2) is 48.5 Å². The van der Waals surface area contributed by atoms with Crippen molar-refractivity contribution in [1.29, 1.82) is 0 Å². The first-order chi connectivity index (χ1) is 17.4. The summed E-state index contributed by atoms with van der Waals surface area (Å²) in [6, 6.07) is 14.5. The second kappa shape index (κ2) is 8.20. The summed E-state index contributed by atoms with van der Waals surface area (Å²) in [7, 11) is 1.58. The van der Waals surface area contributed by atoms with Crippen LogP contribution in [0.4, 0.5) is 11.4 Å². The molecule has 10 heteroatoms. The molecule has 3 heterocycles. The Morgan fingerprint density at radius 2 is 1.64 bits per heavy atom. The number of anilines is 2. The highest BCUT2D eigenvalue weighted by Gasteiger charge is 2.56. The molecule has 3 aliphatic rings. The maximum absolute atomic E-state index is 13.9. The van der Waals surface area contributed by atoms with Crippen molar-refractivity contribution in [3.63, 3.8) is 0 Å². The Morgan fingerprint density at radius 3 is 2.22 bits per heavy atom. The Hall–Kier alpha value is -4.18. The molecule has 1 aliphatic carbocycles. The molecule has 10 nitrogen and oxygen atoms in total. The number of carbonyl (C=O) groups is 3. The lowest BCUT2D eigenvalue weighted by Gasteiger charge is -2.34. The van der Waals surface area contributed by atoms with Crippen molar-refractivity contribution in [3.8, 4) is 11.4 Å². The number of hydrogen-bond acceptors (Lipinski definition) is 6. The van der Waals surface area contributed by atoms with E-state index in [0.717, 1.165) is 18.5 Å². The molecular weight excluding hydrogens is 462 g/mol. The average Bonchev–Trinajstić information content (AvgIpc) is 3.54. The summed E-state index contributed by atoms with van der Waals surface area (Å²) >= 11 is 0. The smallest absolute Gasteiger partial charge is 0.277 e. The molecule has 2 aromatic carbocycles. The number of primary amides is 1. The van der Waals surface area contributed by atoms with Crippen LogP contribution < -0.4 is 20.3 Å². The Morgan fingerprint density at radius 1 is 1.00 bits per heavy atom. The van der Waals surface area contributed by atoms with Crippen molar-refractivity contribution in [1.82, 2.24) is 9.78 Å². The van der Waals surface area contributed by atoms with Crippen LogP contribution in [-0.4, -0.2) is 60.9 Å². The summed E-state index contributed by atoms with van der Waals surface area (Å²) in [4.78, 5) is 41.9. The summed E-state index contributed by atoms with van der Waals surface area (Å²) in [5.74, 6) is -0.327. The molecule has 1 saturated carbocycles. The van der Waals surface area contributed by atoms with Crippen LogP contribution in [0.3, 0.4) is 0 Å². The van der Waals surface area contributed by atoms with E-state index in [1.54, 1.807) is 41.2 Å². The number of ether oxygens (including phenoxy) is 2. The SMILES string of the molecule is COc1ccc(-n2nc(C(N)=O)c3c2C(=O)N(c2ccc(N4CCOCC4=O)cc2)CC32CC2)cc1. The van der Waals surface area contributed by atoms with E-state index in [2.05, 4.69) is 5.10 Å². The molecule has 6 rings (SSSR count). The van der Waals surface area contributed by atoms with Gasteiger partial charge in [-0.25, -0.2) is 4.68 Å². The standard InChI is InChI=1S/C26H25N5O5/c1-35-19-8-6-18(7-9-19)31-23-21(22(28-31)24(27)33)26(10-11-26)15-30(25(23)34)17-4-2-16(3-5-17)29-12-13-36-14-20(29)32/h2-9H,10-15H2,1H3,(H2,27,33). The van der Waals surface area contributed by atoms with Crippen LogP contribution >= 0.6 is 0 Å². The number of methoxy groups -OCH3 is 1. The van der Waals surface area contributed by atoms with Crippen LogP contribution in [0.5, 0.6) is 5.75 Å². The van der Waals surface area contributed by atoms with E-state index >= 15 is 0 Å². The normalized spacial score (nSPS) is 18.4. The summed E-state index contributed by atoms with van der Waals surface area (Å²) in [5.41, 5.74) is 8.59. The summed E-state index contributed by atoms with van der Waals surface area (Å²) in [6.45, 7) is 1.48. The molecule has 1 spiro atoms. The molecule has 2 fully saturated rings. The zero-order valence-electron chi connectivity index (χ0n) is 19.8. The Bertz CT molecular complexity index is 1370. The zero-order chi connectivity index (χ0) is 25.0. The molecule has 3 amide bonds. The molecule has 0 unspecified atom stereocenters. The second-order valence-corrected chi connectivity index (χ2v) is 9.33. The molecule has 36 heavy (non-hydrogen) atoms. The highest BCUT2D eigenvalue weighted by atomic mass is 16.5. The fourth-order valence-electron chi connectivity index (χ4n) is 5.15. The van der Waals surface area contributed by atoms with Gasteiger partial charge in [-0.3, -0.25) is 14.4 Å². The lowest BCUT2D eigenvalue weighted by atomic mass is 9.88. The molecule has 1 saturated heterocycles. The molecule has 2 N–H and O–H groups in total. The van der Waals surface area contributed by atoms with Gasteiger partial charge in [0.15, 0.2) is 5.69 Å². The number of morpholine rings is 1. The number of aromatic nitrogens is 2. The fourth-order valence-corrected chi connectivity index (χ4v) is 5.15. The van der Waals surface area contributed by atoms with E-state index in [0.29, 0.717) is 48.1 Å². The van der Waals surface area contributed by atoms with Gasteiger partial charge in [-0.1, -0.05) is 0 Å². The maximum Gasteiger partial charge on any atom is 0.277 e. The Kier molecular flexibility index (Phi) is 5.08. The van der Waals surface area contributed by atoms with E-state index < -0.39 is 5.91 Å². The number of amides is 3. The lowest BCUT2D eigenvalue weighted by molar-refractivity contribution is -0.125. The zero-order valence-corrected chi connectivity index (χ0v) is 19.8. The number of benzene rings is 2. The van der Waals surface area contributed by atoms with Gasteiger partial charge in [0.25, 0.3) is 17.7 Å². The summed E-state index contributed by atoms with van der Waals surface area (Å²) in [5, 5.41) is 4.51. The minimum absolute atomic E-state index is 0.0647. The number of fused-ring (bicyclic) bond motifs is 2. The van der Waals surface area contributed by atoms with E-state index in [1.807, 2.05) is 24.3 Å². The van der Waals surface area contributed by atoms with Gasteiger partial charge in [0, 0.05) is 35.4 Å². The first-order valence-electron chi connectivity index (χ1n) is 11.8. The molecule has 184 valence electrons. The Labute approximate surface area is 207 Å². The average molecular weight is 488 g/mol. The minimum atomic E-state index is -0.648. The minimum Gasteiger partial charge on any atom is -0.497 e. The van der Waals surface area contributed by atoms with Gasteiger partial charge < -0.3 is 25.0 Å². The number of hydrogen-bond donors (Lipinski definition) is 1. The van der Waals surface area contributed by atoms with Crippen molar-refractivity contribution >= 4 is 29.1 Å². The van der Waals surface area contributed by atoms with E-state index in [1.165, 1.54) is 4.68 Å². The van der Waals surface area contributed by atoms with Gasteiger partial charge in [-0.15, -0.1) is 0 Å². The van der Waals surface area contributed by atoms with Crippen molar-refractivity contribution in [3.05, 3.63) is 65.5 Å². The lowest BCUT2D eigenvalue weighted by Crippen LogP contribution is -2.45. The quantitative estimate of drug-likeness (QED) is 0.588. The molecule has 0 bridgehead atoms. The van der Waals surface area contributed by atoms with Gasteiger partial charge in [-0.05, 0) is 61.4 Å².